The molecular formula is C30H51NO. The molecule has 2 aliphatic rings. The highest BCUT2D eigenvalue weighted by atomic mass is 16.5. The minimum absolute atomic E-state index is 0.824. The van der Waals surface area contributed by atoms with E-state index in [2.05, 4.69) is 31.0 Å². The van der Waals surface area contributed by atoms with Crippen LogP contribution in [-0.2, 0) is 6.42 Å². The van der Waals surface area contributed by atoms with Gasteiger partial charge in [0.15, 0.2) is 0 Å². The van der Waals surface area contributed by atoms with Crippen molar-refractivity contribution in [1.82, 2.24) is 4.98 Å². The van der Waals surface area contributed by atoms with Gasteiger partial charge in [-0.15, -0.1) is 0 Å². The average molecular weight is 442 g/mol. The molecule has 2 fully saturated rings. The predicted molar refractivity (Wildman–Crippen MR) is 137 cm³/mol. The maximum atomic E-state index is 5.83. The Balaban J connectivity index is 1.24. The molecule has 182 valence electrons. The first-order valence-electron chi connectivity index (χ1n) is 14.3. The van der Waals surface area contributed by atoms with Crippen molar-refractivity contribution in [2.45, 2.75) is 129 Å². The fourth-order valence-corrected chi connectivity index (χ4v) is 6.21. The fraction of sp³-hybridized carbons (Fsp3) is 0.833. The number of aromatic nitrogens is 1. The summed E-state index contributed by atoms with van der Waals surface area (Å²) in [7, 11) is 0. The second kappa shape index (κ2) is 15.0. The van der Waals surface area contributed by atoms with Crippen LogP contribution in [0.4, 0.5) is 0 Å². The van der Waals surface area contributed by atoms with E-state index in [1.807, 2.05) is 6.20 Å². The number of hydrogen-bond donors (Lipinski definition) is 0. The molecule has 0 amide bonds. The Morgan fingerprint density at radius 2 is 1.28 bits per heavy atom. The summed E-state index contributed by atoms with van der Waals surface area (Å²) in [5.41, 5.74) is 1.24. The van der Waals surface area contributed by atoms with Crippen LogP contribution in [0.1, 0.15) is 129 Å². The van der Waals surface area contributed by atoms with Crippen molar-refractivity contribution in [2.75, 3.05) is 6.61 Å². The zero-order valence-corrected chi connectivity index (χ0v) is 21.3. The average Bonchev–Trinajstić information content (AvgIpc) is 2.84. The smallest absolute Gasteiger partial charge is 0.137 e. The van der Waals surface area contributed by atoms with E-state index in [4.69, 9.17) is 4.74 Å². The molecule has 0 aliphatic heterocycles. The van der Waals surface area contributed by atoms with Gasteiger partial charge in [-0.25, -0.2) is 0 Å². The molecule has 0 saturated heterocycles. The van der Waals surface area contributed by atoms with Gasteiger partial charge >= 0.3 is 0 Å². The third-order valence-corrected chi connectivity index (χ3v) is 8.49. The number of aryl methyl sites for hydroxylation is 1. The topological polar surface area (TPSA) is 22.1 Å². The summed E-state index contributed by atoms with van der Waals surface area (Å²) >= 11 is 0. The molecule has 32 heavy (non-hydrogen) atoms. The summed E-state index contributed by atoms with van der Waals surface area (Å²) in [5.74, 6) is 4.98. The van der Waals surface area contributed by atoms with Gasteiger partial charge in [-0.1, -0.05) is 110 Å². The largest absolute Gasteiger partial charge is 0.492 e. The Bertz CT molecular complexity index is 581. The SMILES string of the molecule is CCCCCCOc1ccc(CC[C@H]2CC[C@H](CC[C@H]3CC[C@H](CCC)CC3)CC2)nc1. The molecular weight excluding hydrogens is 390 g/mol. The number of ether oxygens (including phenoxy) is 1. The minimum atomic E-state index is 0.824. The van der Waals surface area contributed by atoms with E-state index >= 15 is 0 Å². The molecule has 2 heteroatoms. The van der Waals surface area contributed by atoms with Crippen LogP contribution < -0.4 is 4.74 Å². The lowest BCUT2D eigenvalue weighted by Crippen LogP contribution is -2.18. The summed E-state index contributed by atoms with van der Waals surface area (Å²) in [6.45, 7) is 5.42. The zero-order valence-electron chi connectivity index (χ0n) is 21.3. The standard InChI is InChI=1S/C30H51NO/c1-3-5-6-7-23-32-30-22-21-29(31-24-30)20-19-28-17-15-27(16-18-28)14-13-26-11-9-25(8-4-2)10-12-26/h21-22,24-28H,3-20,23H2,1-2H3/t25-,26-,27-,28-. The molecule has 0 unspecified atom stereocenters. The normalized spacial score (nSPS) is 26.2. The summed E-state index contributed by atoms with van der Waals surface area (Å²) in [4.78, 5) is 4.67. The lowest BCUT2D eigenvalue weighted by Gasteiger charge is -2.32. The maximum Gasteiger partial charge on any atom is 0.137 e. The minimum Gasteiger partial charge on any atom is -0.492 e. The molecule has 0 atom stereocenters. The number of unbranched alkanes of at least 4 members (excludes halogenated alkanes) is 3. The molecule has 2 saturated carbocycles. The second-order valence-corrected chi connectivity index (χ2v) is 11.1. The van der Waals surface area contributed by atoms with Crippen LogP contribution in [0, 0.1) is 23.7 Å². The van der Waals surface area contributed by atoms with Crippen molar-refractivity contribution in [3.63, 3.8) is 0 Å². The second-order valence-electron chi connectivity index (χ2n) is 11.1. The molecule has 1 aromatic rings. The highest BCUT2D eigenvalue weighted by molar-refractivity contribution is 5.19. The van der Waals surface area contributed by atoms with E-state index < -0.39 is 0 Å². The van der Waals surface area contributed by atoms with Gasteiger partial charge in [0.1, 0.15) is 5.75 Å². The van der Waals surface area contributed by atoms with Crippen LogP contribution in [-0.4, -0.2) is 11.6 Å². The van der Waals surface area contributed by atoms with Crippen LogP contribution in [0.5, 0.6) is 5.75 Å². The molecule has 2 nitrogen and oxygen atoms in total. The summed E-state index contributed by atoms with van der Waals surface area (Å²) in [6.07, 6.45) is 27.2. The van der Waals surface area contributed by atoms with Gasteiger partial charge in [0.05, 0.1) is 12.8 Å². The first-order chi connectivity index (χ1) is 15.8. The monoisotopic (exact) mass is 441 g/mol. The first-order valence-corrected chi connectivity index (χ1v) is 14.3. The third kappa shape index (κ3) is 9.44. The van der Waals surface area contributed by atoms with Crippen molar-refractivity contribution in [3.8, 4) is 5.75 Å². The molecule has 3 rings (SSSR count). The highest BCUT2D eigenvalue weighted by Gasteiger charge is 2.24. The number of rotatable bonds is 14. The van der Waals surface area contributed by atoms with Crippen LogP contribution in [0.3, 0.4) is 0 Å². The van der Waals surface area contributed by atoms with Crippen molar-refractivity contribution in [2.24, 2.45) is 23.7 Å². The van der Waals surface area contributed by atoms with Gasteiger partial charge in [-0.05, 0) is 55.1 Å². The number of pyridine rings is 1. The van der Waals surface area contributed by atoms with E-state index in [0.717, 1.165) is 48.9 Å². The first kappa shape index (κ1) is 25.6. The van der Waals surface area contributed by atoms with Crippen molar-refractivity contribution >= 4 is 0 Å². The number of nitrogens with zero attached hydrogens (tertiary/aromatic N) is 1. The third-order valence-electron chi connectivity index (χ3n) is 8.49. The lowest BCUT2D eigenvalue weighted by atomic mass is 9.74. The molecule has 0 N–H and O–H groups in total. The van der Waals surface area contributed by atoms with E-state index in [-0.39, 0.29) is 0 Å². The van der Waals surface area contributed by atoms with E-state index in [0.29, 0.717) is 0 Å². The summed E-state index contributed by atoms with van der Waals surface area (Å²) in [6, 6.07) is 4.30. The van der Waals surface area contributed by atoms with Gasteiger partial charge in [-0.3, -0.25) is 4.98 Å². The van der Waals surface area contributed by atoms with Gasteiger partial charge in [0.2, 0.25) is 0 Å². The van der Waals surface area contributed by atoms with Crippen LogP contribution in [0.15, 0.2) is 18.3 Å². The van der Waals surface area contributed by atoms with Crippen molar-refractivity contribution < 1.29 is 4.74 Å². The van der Waals surface area contributed by atoms with Crippen LogP contribution in [0.2, 0.25) is 0 Å². The Morgan fingerprint density at radius 1 is 0.688 bits per heavy atom. The Hall–Kier alpha value is -1.05. The molecule has 1 heterocycles. The molecule has 0 radical (unpaired) electrons. The number of hydrogen-bond acceptors (Lipinski definition) is 2. The quantitative estimate of drug-likeness (QED) is 0.268. The Kier molecular flexibility index (Phi) is 12.0. The molecule has 1 aromatic heterocycles. The molecule has 0 bridgehead atoms. The maximum absolute atomic E-state index is 5.83. The van der Waals surface area contributed by atoms with E-state index in [9.17, 15) is 0 Å². The zero-order chi connectivity index (χ0) is 22.4. The van der Waals surface area contributed by atoms with Crippen molar-refractivity contribution in [3.05, 3.63) is 24.0 Å². The summed E-state index contributed by atoms with van der Waals surface area (Å²) in [5, 5.41) is 0. The lowest BCUT2D eigenvalue weighted by molar-refractivity contribution is 0.209. The highest BCUT2D eigenvalue weighted by Crippen LogP contribution is 2.38. The molecule has 0 aromatic carbocycles. The van der Waals surface area contributed by atoms with Crippen LogP contribution >= 0.6 is 0 Å². The van der Waals surface area contributed by atoms with Gasteiger partial charge in [0.25, 0.3) is 0 Å². The fourth-order valence-electron chi connectivity index (χ4n) is 6.21. The molecule has 0 spiro atoms. The molecule has 2 aliphatic carbocycles. The predicted octanol–water partition coefficient (Wildman–Crippen LogP) is 9.17. The van der Waals surface area contributed by atoms with Gasteiger partial charge < -0.3 is 4.74 Å². The Morgan fingerprint density at radius 3 is 1.81 bits per heavy atom. The summed E-state index contributed by atoms with van der Waals surface area (Å²) < 4.78 is 5.83. The van der Waals surface area contributed by atoms with Crippen molar-refractivity contribution in [1.29, 1.82) is 0 Å². The van der Waals surface area contributed by atoms with Gasteiger partial charge in [0, 0.05) is 5.69 Å². The van der Waals surface area contributed by atoms with Gasteiger partial charge in [-0.2, -0.15) is 0 Å². The van der Waals surface area contributed by atoms with E-state index in [1.165, 1.54) is 108 Å². The Labute approximate surface area is 199 Å². The van der Waals surface area contributed by atoms with E-state index in [1.54, 1.807) is 0 Å². The van der Waals surface area contributed by atoms with Crippen LogP contribution in [0.25, 0.3) is 0 Å².